The van der Waals surface area contributed by atoms with Crippen LogP contribution in [-0.4, -0.2) is 33.6 Å². The van der Waals surface area contributed by atoms with E-state index in [-0.39, 0.29) is 23.8 Å². The van der Waals surface area contributed by atoms with Crippen LogP contribution in [0.15, 0.2) is 50.2 Å². The van der Waals surface area contributed by atoms with Gasteiger partial charge in [-0.2, -0.15) is 11.8 Å². The van der Waals surface area contributed by atoms with Crippen molar-refractivity contribution in [1.29, 1.82) is 0 Å². The summed E-state index contributed by atoms with van der Waals surface area (Å²) in [6.45, 7) is 2.83. The van der Waals surface area contributed by atoms with E-state index in [0.717, 1.165) is 26.9 Å². The summed E-state index contributed by atoms with van der Waals surface area (Å²) in [7, 11) is 0. The summed E-state index contributed by atoms with van der Waals surface area (Å²) in [4.78, 5) is 25.0. The molecule has 2 aromatic heterocycles. The summed E-state index contributed by atoms with van der Waals surface area (Å²) in [5.41, 5.74) is -0.00596. The van der Waals surface area contributed by atoms with E-state index in [2.05, 4.69) is 44.0 Å². The maximum absolute atomic E-state index is 12.9. The van der Waals surface area contributed by atoms with Crippen molar-refractivity contribution in [2.75, 3.05) is 18.1 Å². The molecule has 1 aliphatic heterocycles. The van der Waals surface area contributed by atoms with E-state index in [4.69, 9.17) is 4.42 Å². The van der Waals surface area contributed by atoms with E-state index in [0.29, 0.717) is 31.7 Å². The molecule has 4 rings (SSSR count). The molecule has 0 radical (unpaired) electrons. The molecular formula is C23H25BrN2O4S. The number of aryl methyl sites for hydroxylation is 1. The Bertz CT molecular complexity index is 1160. The van der Waals surface area contributed by atoms with Gasteiger partial charge >= 0.3 is 0 Å². The van der Waals surface area contributed by atoms with Crippen molar-refractivity contribution < 1.29 is 14.3 Å². The first kappa shape index (κ1) is 22.0. The lowest BCUT2D eigenvalue weighted by Gasteiger charge is -2.35. The number of carbonyl (C=O) groups is 1. The topological polar surface area (TPSA) is 84.5 Å². The van der Waals surface area contributed by atoms with E-state index in [1.807, 2.05) is 24.0 Å². The first-order chi connectivity index (χ1) is 14.9. The Labute approximate surface area is 193 Å². The van der Waals surface area contributed by atoms with Crippen molar-refractivity contribution in [3.05, 3.63) is 62.7 Å². The van der Waals surface area contributed by atoms with Gasteiger partial charge in [0.15, 0.2) is 5.76 Å². The zero-order valence-electron chi connectivity index (χ0n) is 17.3. The molecule has 0 saturated carbocycles. The molecule has 0 spiro atoms. The molecule has 0 atom stereocenters. The minimum absolute atomic E-state index is 0.104. The van der Waals surface area contributed by atoms with E-state index in [9.17, 15) is 14.7 Å². The molecule has 3 heterocycles. The van der Waals surface area contributed by atoms with Gasteiger partial charge in [0.25, 0.3) is 0 Å². The van der Waals surface area contributed by atoms with E-state index in [1.165, 1.54) is 6.07 Å². The molecule has 1 amide bonds. The fourth-order valence-electron chi connectivity index (χ4n) is 4.25. The second-order valence-electron chi connectivity index (χ2n) is 8.03. The number of nitrogens with one attached hydrogen (secondary N) is 1. The lowest BCUT2D eigenvalue weighted by molar-refractivity contribution is -0.122. The van der Waals surface area contributed by atoms with Crippen LogP contribution in [-0.2, 0) is 16.8 Å². The minimum atomic E-state index is -0.657. The standard InChI is InChI=1S/C23H25BrN2O4S/c1-15-12-19(27)21(29)22(30-15)23(5-10-31-11-6-23)14-20(28)25-7-9-26-8-4-16-2-3-17(24)13-18(16)26/h2-4,8,12-13,29H,5-7,9-11,14H2,1H3,(H,25,28). The molecule has 6 nitrogen and oxygen atoms in total. The number of amides is 1. The Morgan fingerprint density at radius 1 is 1.29 bits per heavy atom. The van der Waals surface area contributed by atoms with Gasteiger partial charge in [0, 0.05) is 47.2 Å². The van der Waals surface area contributed by atoms with Crippen LogP contribution in [0.5, 0.6) is 5.75 Å². The van der Waals surface area contributed by atoms with Gasteiger partial charge in [-0.25, -0.2) is 0 Å². The molecule has 2 N–H and O–H groups in total. The number of hydrogen-bond acceptors (Lipinski definition) is 5. The highest BCUT2D eigenvalue weighted by Gasteiger charge is 2.41. The van der Waals surface area contributed by atoms with Crippen LogP contribution in [0, 0.1) is 6.92 Å². The van der Waals surface area contributed by atoms with Crippen LogP contribution < -0.4 is 10.7 Å². The maximum atomic E-state index is 12.9. The van der Waals surface area contributed by atoms with Crippen LogP contribution in [0.2, 0.25) is 0 Å². The molecule has 1 saturated heterocycles. The van der Waals surface area contributed by atoms with Gasteiger partial charge in [-0.1, -0.05) is 22.0 Å². The van der Waals surface area contributed by atoms with Crippen molar-refractivity contribution >= 4 is 44.5 Å². The number of benzene rings is 1. The average molecular weight is 505 g/mol. The van der Waals surface area contributed by atoms with E-state index < -0.39 is 10.8 Å². The third-order valence-electron chi connectivity index (χ3n) is 5.89. The Morgan fingerprint density at radius 2 is 2.06 bits per heavy atom. The molecule has 0 unspecified atom stereocenters. The van der Waals surface area contributed by atoms with Crippen molar-refractivity contribution in [2.45, 2.75) is 38.1 Å². The number of aromatic hydroxyl groups is 1. The molecule has 1 aliphatic rings. The Morgan fingerprint density at radius 3 is 2.84 bits per heavy atom. The van der Waals surface area contributed by atoms with E-state index >= 15 is 0 Å². The second-order valence-corrected chi connectivity index (χ2v) is 10.2. The normalized spacial score (nSPS) is 15.8. The van der Waals surface area contributed by atoms with Gasteiger partial charge in [0.1, 0.15) is 5.76 Å². The number of nitrogens with zero attached hydrogens (tertiary/aromatic N) is 1. The lowest BCUT2D eigenvalue weighted by Crippen LogP contribution is -2.39. The van der Waals surface area contributed by atoms with Gasteiger partial charge in [0.2, 0.25) is 17.1 Å². The van der Waals surface area contributed by atoms with E-state index in [1.54, 1.807) is 6.92 Å². The van der Waals surface area contributed by atoms with Crippen LogP contribution >= 0.6 is 27.7 Å². The van der Waals surface area contributed by atoms with Gasteiger partial charge in [-0.3, -0.25) is 9.59 Å². The Balaban J connectivity index is 1.47. The van der Waals surface area contributed by atoms with Gasteiger partial charge < -0.3 is 19.4 Å². The van der Waals surface area contributed by atoms with Gasteiger partial charge in [-0.05, 0) is 54.9 Å². The molecule has 1 fully saturated rings. The zero-order chi connectivity index (χ0) is 22.0. The maximum Gasteiger partial charge on any atom is 0.227 e. The zero-order valence-corrected chi connectivity index (χ0v) is 19.7. The van der Waals surface area contributed by atoms with Crippen molar-refractivity contribution in [2.24, 2.45) is 0 Å². The molecule has 1 aromatic carbocycles. The van der Waals surface area contributed by atoms with Crippen LogP contribution in [0.3, 0.4) is 0 Å². The summed E-state index contributed by atoms with van der Waals surface area (Å²) in [5, 5.41) is 14.6. The number of hydrogen-bond donors (Lipinski definition) is 2. The summed E-state index contributed by atoms with van der Waals surface area (Å²) >= 11 is 5.32. The minimum Gasteiger partial charge on any atom is -0.502 e. The van der Waals surface area contributed by atoms with Crippen molar-refractivity contribution in [1.82, 2.24) is 9.88 Å². The highest BCUT2D eigenvalue weighted by atomic mass is 79.9. The molecule has 164 valence electrons. The number of halogens is 1. The smallest absolute Gasteiger partial charge is 0.227 e. The first-order valence-corrected chi connectivity index (χ1v) is 12.3. The largest absolute Gasteiger partial charge is 0.502 e. The van der Waals surface area contributed by atoms with Gasteiger partial charge in [0.05, 0.1) is 0 Å². The monoisotopic (exact) mass is 504 g/mol. The Hall–Kier alpha value is -2.19. The molecule has 0 aliphatic carbocycles. The fourth-order valence-corrected chi connectivity index (χ4v) is 5.87. The third-order valence-corrected chi connectivity index (χ3v) is 7.37. The number of carbonyl (C=O) groups excluding carboxylic acids is 1. The predicted molar refractivity (Wildman–Crippen MR) is 127 cm³/mol. The van der Waals surface area contributed by atoms with Crippen LogP contribution in [0.1, 0.15) is 30.8 Å². The SMILES string of the molecule is Cc1cc(=O)c(O)c(C2(CC(=O)NCCn3ccc4ccc(Br)cc43)CCSCC2)o1. The van der Waals surface area contributed by atoms with Crippen molar-refractivity contribution in [3.63, 3.8) is 0 Å². The molecule has 3 aromatic rings. The Kier molecular flexibility index (Phi) is 6.48. The average Bonchev–Trinajstić information content (AvgIpc) is 3.13. The summed E-state index contributed by atoms with van der Waals surface area (Å²) in [5.74, 6) is 1.95. The van der Waals surface area contributed by atoms with Crippen LogP contribution in [0.4, 0.5) is 0 Å². The highest BCUT2D eigenvalue weighted by Crippen LogP contribution is 2.43. The lowest BCUT2D eigenvalue weighted by atomic mass is 9.75. The number of aromatic nitrogens is 1. The molecular weight excluding hydrogens is 480 g/mol. The predicted octanol–water partition coefficient (Wildman–Crippen LogP) is 4.34. The fraction of sp³-hybridized carbons (Fsp3) is 0.391. The number of rotatable bonds is 6. The summed E-state index contributed by atoms with van der Waals surface area (Å²) < 4.78 is 8.93. The highest BCUT2D eigenvalue weighted by molar-refractivity contribution is 9.10. The third kappa shape index (κ3) is 4.70. The molecule has 8 heteroatoms. The summed E-state index contributed by atoms with van der Waals surface area (Å²) in [6, 6.07) is 9.47. The van der Waals surface area contributed by atoms with Crippen LogP contribution in [0.25, 0.3) is 10.9 Å². The quantitative estimate of drug-likeness (QED) is 0.521. The first-order valence-electron chi connectivity index (χ1n) is 10.3. The number of fused-ring (bicyclic) bond motifs is 1. The van der Waals surface area contributed by atoms with Crippen molar-refractivity contribution in [3.8, 4) is 5.75 Å². The molecule has 0 bridgehead atoms. The second kappa shape index (κ2) is 9.12. The molecule has 31 heavy (non-hydrogen) atoms. The number of thioether (sulfide) groups is 1. The van der Waals surface area contributed by atoms with Gasteiger partial charge in [-0.15, -0.1) is 0 Å². The summed E-state index contributed by atoms with van der Waals surface area (Å²) in [6.07, 6.45) is 3.57.